The van der Waals surface area contributed by atoms with E-state index in [0.717, 1.165) is 5.56 Å². The molecular formula is C32H26ClN3O4S. The molecule has 3 aromatic carbocycles. The van der Waals surface area contributed by atoms with Crippen LogP contribution in [0, 0.1) is 12.3 Å². The molecule has 206 valence electrons. The van der Waals surface area contributed by atoms with Gasteiger partial charge in [0.1, 0.15) is 6.61 Å². The number of amides is 1. The van der Waals surface area contributed by atoms with Crippen LogP contribution in [0.15, 0.2) is 93.9 Å². The van der Waals surface area contributed by atoms with Crippen molar-refractivity contribution in [2.24, 2.45) is 4.99 Å². The third-order valence-electron chi connectivity index (χ3n) is 6.34. The average Bonchev–Trinajstić information content (AvgIpc) is 3.26. The van der Waals surface area contributed by atoms with E-state index in [1.807, 2.05) is 67.6 Å². The molecule has 0 fully saturated rings. The second-order valence-corrected chi connectivity index (χ2v) is 10.5. The minimum atomic E-state index is -0.666. The maximum absolute atomic E-state index is 14.0. The quantitative estimate of drug-likeness (QED) is 0.298. The number of carbonyl (C=O) groups is 1. The summed E-state index contributed by atoms with van der Waals surface area (Å²) < 4.78 is 13.3. The zero-order valence-corrected chi connectivity index (χ0v) is 24.0. The number of nitrogens with zero attached hydrogens (tertiary/aromatic N) is 2. The van der Waals surface area contributed by atoms with Gasteiger partial charge in [-0.2, -0.15) is 0 Å². The second kappa shape index (κ2) is 12.3. The van der Waals surface area contributed by atoms with E-state index >= 15 is 0 Å². The summed E-state index contributed by atoms with van der Waals surface area (Å²) in [5, 5.41) is 3.26. The van der Waals surface area contributed by atoms with E-state index in [9.17, 15) is 9.59 Å². The van der Waals surface area contributed by atoms with Gasteiger partial charge in [-0.05, 0) is 55.3 Å². The van der Waals surface area contributed by atoms with Gasteiger partial charge in [-0.15, -0.1) is 6.42 Å². The first-order chi connectivity index (χ1) is 19.9. The topological polar surface area (TPSA) is 81.9 Å². The van der Waals surface area contributed by atoms with E-state index in [1.54, 1.807) is 29.7 Å². The lowest BCUT2D eigenvalue weighted by molar-refractivity contribution is -0.113. The molecular weight excluding hydrogens is 558 g/mol. The van der Waals surface area contributed by atoms with Gasteiger partial charge in [-0.3, -0.25) is 14.2 Å². The number of ether oxygens (including phenoxy) is 2. The molecule has 1 aromatic heterocycles. The predicted molar refractivity (Wildman–Crippen MR) is 162 cm³/mol. The Balaban J connectivity index is 1.63. The molecule has 0 saturated heterocycles. The molecule has 0 bridgehead atoms. The molecule has 4 aromatic rings. The third kappa shape index (κ3) is 5.82. The fraction of sp³-hybridized carbons (Fsp3) is 0.156. The van der Waals surface area contributed by atoms with Crippen molar-refractivity contribution >= 4 is 40.6 Å². The minimum absolute atomic E-state index is 0.0385. The number of halogens is 1. The Hall–Kier alpha value is -4.58. The minimum Gasteiger partial charge on any atom is -0.490 e. The number of carbonyl (C=O) groups excluding carboxylic acids is 1. The lowest BCUT2D eigenvalue weighted by Crippen LogP contribution is -2.40. The Morgan fingerprint density at radius 2 is 1.85 bits per heavy atom. The van der Waals surface area contributed by atoms with Crippen LogP contribution in [0.25, 0.3) is 6.08 Å². The van der Waals surface area contributed by atoms with Crippen molar-refractivity contribution in [2.45, 2.75) is 19.9 Å². The van der Waals surface area contributed by atoms with E-state index in [1.165, 1.54) is 11.3 Å². The number of allylic oxidation sites excluding steroid dienone is 1. The normalized spacial score (nSPS) is 14.6. The predicted octanol–water partition coefficient (Wildman–Crippen LogP) is 4.94. The van der Waals surface area contributed by atoms with Gasteiger partial charge in [0.15, 0.2) is 16.3 Å². The maximum atomic E-state index is 14.0. The molecule has 0 spiro atoms. The highest BCUT2D eigenvalue weighted by molar-refractivity contribution is 7.07. The number of thiazole rings is 1. The molecule has 1 amide bonds. The summed E-state index contributed by atoms with van der Waals surface area (Å²) in [5.41, 5.74) is 2.75. The number of aromatic nitrogens is 1. The molecule has 0 aliphatic carbocycles. The van der Waals surface area contributed by atoms with Crippen LogP contribution in [0.4, 0.5) is 5.69 Å². The summed E-state index contributed by atoms with van der Waals surface area (Å²) in [5.74, 6) is 2.87. The van der Waals surface area contributed by atoms with Crippen LogP contribution < -0.4 is 29.7 Å². The Bertz CT molecular complexity index is 1860. The number of benzene rings is 3. The standard InChI is InChI=1S/C32H26ClN3O4S/c1-4-16-40-29-24(33)17-21(18-25(29)39-5-2)19-26-31(38)36-28(22-12-8-6-9-13-22)27(20(3)34-32(36)41-26)30(37)35-23-14-10-7-11-15-23/h1,6-15,17-19,28H,5,16H2,2-3H3,(H,35,37)/b26-19-/t28-/m1/s1. The lowest BCUT2D eigenvalue weighted by atomic mass is 9.95. The van der Waals surface area contributed by atoms with Gasteiger partial charge >= 0.3 is 0 Å². The summed E-state index contributed by atoms with van der Waals surface area (Å²) >= 11 is 7.75. The van der Waals surface area contributed by atoms with Crippen molar-refractivity contribution in [3.63, 3.8) is 0 Å². The summed E-state index contributed by atoms with van der Waals surface area (Å²) in [6.45, 7) is 4.06. The SMILES string of the molecule is C#CCOc1c(Cl)cc(/C=c2\sc3n(c2=O)[C@H](c2ccccc2)C(C(=O)Nc2ccccc2)=C(C)N=3)cc1OCC. The van der Waals surface area contributed by atoms with Gasteiger partial charge in [0.25, 0.3) is 11.5 Å². The molecule has 7 nitrogen and oxygen atoms in total. The number of terminal acetylenes is 1. The van der Waals surface area contributed by atoms with Crippen molar-refractivity contribution in [3.05, 3.63) is 120 Å². The van der Waals surface area contributed by atoms with E-state index in [4.69, 9.17) is 32.5 Å². The van der Waals surface area contributed by atoms with Gasteiger partial charge in [-0.1, -0.05) is 77.4 Å². The molecule has 0 radical (unpaired) electrons. The summed E-state index contributed by atoms with van der Waals surface area (Å²) in [4.78, 5) is 32.8. The number of nitrogens with one attached hydrogen (secondary N) is 1. The molecule has 1 aliphatic heterocycles. The highest BCUT2D eigenvalue weighted by Crippen LogP contribution is 2.37. The van der Waals surface area contributed by atoms with E-state index in [-0.39, 0.29) is 18.1 Å². The van der Waals surface area contributed by atoms with Crippen LogP contribution in [0.2, 0.25) is 5.02 Å². The van der Waals surface area contributed by atoms with Crippen LogP contribution in [0.3, 0.4) is 0 Å². The van der Waals surface area contributed by atoms with Gasteiger partial charge in [0.05, 0.1) is 33.5 Å². The second-order valence-electron chi connectivity index (χ2n) is 9.07. The fourth-order valence-electron chi connectivity index (χ4n) is 4.62. The van der Waals surface area contributed by atoms with Crippen molar-refractivity contribution in [1.82, 2.24) is 4.57 Å². The van der Waals surface area contributed by atoms with Crippen LogP contribution in [-0.4, -0.2) is 23.7 Å². The van der Waals surface area contributed by atoms with Gasteiger partial charge in [-0.25, -0.2) is 4.99 Å². The maximum Gasteiger partial charge on any atom is 0.271 e. The smallest absolute Gasteiger partial charge is 0.271 e. The number of hydrogen-bond donors (Lipinski definition) is 1. The average molecular weight is 584 g/mol. The Morgan fingerprint density at radius 3 is 2.54 bits per heavy atom. The third-order valence-corrected chi connectivity index (χ3v) is 7.61. The number of hydrogen-bond acceptors (Lipinski definition) is 6. The highest BCUT2D eigenvalue weighted by atomic mass is 35.5. The van der Waals surface area contributed by atoms with Crippen molar-refractivity contribution < 1.29 is 14.3 Å². The van der Waals surface area contributed by atoms with Crippen molar-refractivity contribution in [3.8, 4) is 23.8 Å². The Morgan fingerprint density at radius 1 is 1.15 bits per heavy atom. The van der Waals surface area contributed by atoms with Gasteiger partial charge < -0.3 is 14.8 Å². The fourth-order valence-corrected chi connectivity index (χ4v) is 5.94. The first-order valence-corrected chi connectivity index (χ1v) is 14.1. The highest BCUT2D eigenvalue weighted by Gasteiger charge is 2.32. The number of rotatable bonds is 8. The first kappa shape index (κ1) is 28.0. The molecule has 0 unspecified atom stereocenters. The molecule has 1 N–H and O–H groups in total. The van der Waals surface area contributed by atoms with E-state index in [0.29, 0.717) is 55.0 Å². The largest absolute Gasteiger partial charge is 0.490 e. The van der Waals surface area contributed by atoms with Crippen molar-refractivity contribution in [1.29, 1.82) is 0 Å². The molecule has 1 atom stereocenters. The number of anilines is 1. The number of para-hydroxylation sites is 1. The molecule has 9 heteroatoms. The van der Waals surface area contributed by atoms with Gasteiger partial charge in [0, 0.05) is 5.69 Å². The summed E-state index contributed by atoms with van der Waals surface area (Å²) in [6.07, 6.45) is 7.07. The lowest BCUT2D eigenvalue weighted by Gasteiger charge is -2.25. The molecule has 1 aliphatic rings. The zero-order chi connectivity index (χ0) is 28.9. The van der Waals surface area contributed by atoms with Crippen LogP contribution in [0.1, 0.15) is 31.0 Å². The summed E-state index contributed by atoms with van der Waals surface area (Å²) in [6, 6.07) is 21.4. The molecule has 0 saturated carbocycles. The monoisotopic (exact) mass is 583 g/mol. The van der Waals surface area contributed by atoms with E-state index in [2.05, 4.69) is 11.2 Å². The van der Waals surface area contributed by atoms with Crippen LogP contribution in [0.5, 0.6) is 11.5 Å². The Labute approximate surface area is 246 Å². The van der Waals surface area contributed by atoms with Gasteiger partial charge in [0.2, 0.25) is 0 Å². The molecule has 5 rings (SSSR count). The molecule has 2 heterocycles. The Kier molecular flexibility index (Phi) is 8.39. The zero-order valence-electron chi connectivity index (χ0n) is 22.4. The van der Waals surface area contributed by atoms with Crippen molar-refractivity contribution in [2.75, 3.05) is 18.5 Å². The molecule has 41 heavy (non-hydrogen) atoms. The summed E-state index contributed by atoms with van der Waals surface area (Å²) in [7, 11) is 0. The van der Waals surface area contributed by atoms with E-state index < -0.39 is 6.04 Å². The van der Waals surface area contributed by atoms with Crippen LogP contribution >= 0.6 is 22.9 Å². The first-order valence-electron chi connectivity index (χ1n) is 12.9. The van der Waals surface area contributed by atoms with Crippen LogP contribution in [-0.2, 0) is 4.79 Å². The number of fused-ring (bicyclic) bond motifs is 1.